The molecule has 0 fully saturated rings. The van der Waals surface area contributed by atoms with Gasteiger partial charge in [-0.1, -0.05) is 0 Å². The van der Waals surface area contributed by atoms with Crippen LogP contribution in [0, 0.1) is 0 Å². The van der Waals surface area contributed by atoms with Gasteiger partial charge in [0.15, 0.2) is 5.69 Å². The third-order valence-electron chi connectivity index (χ3n) is 1.40. The number of esters is 1. The summed E-state index contributed by atoms with van der Waals surface area (Å²) in [6.45, 7) is 0. The van der Waals surface area contributed by atoms with Crippen molar-refractivity contribution in [3.8, 4) is 0 Å². The molecule has 0 saturated carbocycles. The molecular formula is C6H10N4O4. The van der Waals surface area contributed by atoms with Gasteiger partial charge in [0.1, 0.15) is 0 Å². The minimum absolute atomic E-state index is 0.146. The largest absolute Gasteiger partial charge is 0.464 e. The predicted octanol–water partition coefficient (Wildman–Crippen LogP) is -0.00210. The SMILES string of the molecule is COC(=O)c1c[nH]n(C(=O)OC)[nH][nH]1. The number of nitrogens with one attached hydrogen (secondary N) is 3. The molecule has 8 nitrogen and oxygen atoms in total. The lowest BCUT2D eigenvalue weighted by Gasteiger charge is -2.05. The molecule has 0 aliphatic carbocycles. The summed E-state index contributed by atoms with van der Waals surface area (Å²) in [7, 11) is 2.47. The van der Waals surface area contributed by atoms with Crippen molar-refractivity contribution in [3.05, 3.63) is 11.9 Å². The second kappa shape index (κ2) is 4.21. The van der Waals surface area contributed by atoms with E-state index in [2.05, 4.69) is 24.9 Å². The fraction of sp³-hybridized carbons (Fsp3) is 0.333. The van der Waals surface area contributed by atoms with Crippen LogP contribution in [0.4, 0.5) is 4.79 Å². The fourth-order valence-corrected chi connectivity index (χ4v) is 0.723. The lowest BCUT2D eigenvalue weighted by Crippen LogP contribution is -2.21. The van der Waals surface area contributed by atoms with Crippen LogP contribution in [-0.2, 0) is 9.47 Å². The van der Waals surface area contributed by atoms with Crippen LogP contribution >= 0.6 is 0 Å². The highest BCUT2D eigenvalue weighted by Crippen LogP contribution is 1.91. The van der Waals surface area contributed by atoms with Crippen molar-refractivity contribution in [2.45, 2.75) is 0 Å². The van der Waals surface area contributed by atoms with Gasteiger partial charge in [-0.05, 0) is 0 Å². The van der Waals surface area contributed by atoms with E-state index >= 15 is 0 Å². The van der Waals surface area contributed by atoms with Gasteiger partial charge in [-0.15, -0.1) is 4.80 Å². The average Bonchev–Trinajstić information content (AvgIpc) is 2.27. The molecule has 0 saturated heterocycles. The summed E-state index contributed by atoms with van der Waals surface area (Å²) in [6.07, 6.45) is 0.608. The summed E-state index contributed by atoms with van der Waals surface area (Å²) in [5.74, 6) is -0.561. The third-order valence-corrected chi connectivity index (χ3v) is 1.40. The van der Waals surface area contributed by atoms with E-state index in [1.165, 1.54) is 20.4 Å². The molecule has 0 amide bonds. The molecular weight excluding hydrogens is 192 g/mol. The molecule has 1 aromatic heterocycles. The number of hydrogen-bond donors (Lipinski definition) is 3. The van der Waals surface area contributed by atoms with Crippen LogP contribution in [0.15, 0.2) is 6.20 Å². The van der Waals surface area contributed by atoms with Crippen LogP contribution in [0.2, 0.25) is 0 Å². The maximum atomic E-state index is 10.9. The lowest BCUT2D eigenvalue weighted by atomic mass is 10.5. The first-order valence-corrected chi connectivity index (χ1v) is 3.63. The predicted molar refractivity (Wildman–Crippen MR) is 44.3 cm³/mol. The van der Waals surface area contributed by atoms with Gasteiger partial charge in [-0.3, -0.25) is 10.2 Å². The number of aromatic amines is 3. The van der Waals surface area contributed by atoms with E-state index in [1.807, 2.05) is 0 Å². The minimum atomic E-state index is -0.655. The number of aromatic nitrogens is 4. The second-order valence-corrected chi connectivity index (χ2v) is 2.22. The fourth-order valence-electron chi connectivity index (χ4n) is 0.723. The van der Waals surface area contributed by atoms with Crippen LogP contribution in [0.5, 0.6) is 0 Å². The molecule has 0 atom stereocenters. The van der Waals surface area contributed by atoms with Crippen molar-refractivity contribution in [3.63, 3.8) is 0 Å². The van der Waals surface area contributed by atoms with Crippen molar-refractivity contribution in [2.75, 3.05) is 14.2 Å². The Morgan fingerprint density at radius 3 is 2.50 bits per heavy atom. The first kappa shape index (κ1) is 9.96. The zero-order chi connectivity index (χ0) is 10.6. The highest BCUT2D eigenvalue weighted by atomic mass is 16.5. The van der Waals surface area contributed by atoms with Crippen molar-refractivity contribution in [2.24, 2.45) is 0 Å². The number of hydrogen-bond acceptors (Lipinski definition) is 4. The van der Waals surface area contributed by atoms with Gasteiger partial charge >= 0.3 is 12.1 Å². The summed E-state index contributed by atoms with van der Waals surface area (Å²) in [6, 6.07) is 0. The van der Waals surface area contributed by atoms with Crippen LogP contribution in [-0.4, -0.2) is 46.5 Å². The Labute approximate surface area is 78.4 Å². The number of carbonyl (C=O) groups is 2. The number of carbonyl (C=O) groups excluding carboxylic acids is 2. The summed E-state index contributed by atoms with van der Waals surface area (Å²) in [4.78, 5) is 22.8. The number of methoxy groups -OCH3 is 2. The van der Waals surface area contributed by atoms with Crippen LogP contribution < -0.4 is 0 Å². The molecule has 1 rings (SSSR count). The molecule has 8 heteroatoms. The summed E-state index contributed by atoms with van der Waals surface area (Å²) in [5, 5.41) is 7.26. The maximum Gasteiger partial charge on any atom is 0.449 e. The Kier molecular flexibility index (Phi) is 3.00. The van der Waals surface area contributed by atoms with Gasteiger partial charge in [-0.2, -0.15) is 0 Å². The van der Waals surface area contributed by atoms with E-state index in [4.69, 9.17) is 0 Å². The van der Waals surface area contributed by atoms with Crippen molar-refractivity contribution in [1.82, 2.24) is 20.2 Å². The quantitative estimate of drug-likeness (QED) is 0.557. The van der Waals surface area contributed by atoms with E-state index in [-0.39, 0.29) is 5.69 Å². The molecule has 0 radical (unpaired) electrons. The van der Waals surface area contributed by atoms with Gasteiger partial charge in [0.05, 0.1) is 20.4 Å². The van der Waals surface area contributed by atoms with E-state index in [9.17, 15) is 9.59 Å². The Morgan fingerprint density at radius 1 is 1.36 bits per heavy atom. The van der Waals surface area contributed by atoms with Gasteiger partial charge in [0, 0.05) is 0 Å². The Hall–Kier alpha value is -2.12. The Balaban J connectivity index is 2.89. The first-order chi connectivity index (χ1) is 6.69. The van der Waals surface area contributed by atoms with Gasteiger partial charge in [-0.25, -0.2) is 14.8 Å². The van der Waals surface area contributed by atoms with Crippen molar-refractivity contribution in [1.29, 1.82) is 0 Å². The average molecular weight is 202 g/mol. The molecule has 0 aliphatic heterocycles. The molecule has 1 aromatic rings. The number of ether oxygens (including phenoxy) is 2. The molecule has 0 spiro atoms. The lowest BCUT2D eigenvalue weighted by molar-refractivity contribution is 0.0589. The molecule has 0 unspecified atom stereocenters. The van der Waals surface area contributed by atoms with Gasteiger partial charge in [0.2, 0.25) is 0 Å². The molecule has 78 valence electrons. The second-order valence-electron chi connectivity index (χ2n) is 2.22. The monoisotopic (exact) mass is 202 g/mol. The van der Waals surface area contributed by atoms with E-state index in [1.54, 1.807) is 0 Å². The zero-order valence-electron chi connectivity index (χ0n) is 7.66. The molecule has 1 heterocycles. The van der Waals surface area contributed by atoms with E-state index in [0.717, 1.165) is 4.80 Å². The first-order valence-electron chi connectivity index (χ1n) is 3.63. The maximum absolute atomic E-state index is 10.9. The molecule has 3 N–H and O–H groups in total. The summed E-state index contributed by atoms with van der Waals surface area (Å²) in [5.41, 5.74) is 0.146. The van der Waals surface area contributed by atoms with Gasteiger partial charge in [0.25, 0.3) is 0 Å². The Morgan fingerprint density at radius 2 is 2.07 bits per heavy atom. The highest BCUT2D eigenvalue weighted by molar-refractivity contribution is 5.86. The standard InChI is InChI=1S/C6H10N4O4/c1-13-5(11)4-3-7-10(9-8-4)6(12)14-2/h3,7-9H,1-2H3. The summed E-state index contributed by atoms with van der Waals surface area (Å²) < 4.78 is 8.82. The normalized spacial score (nSPS) is 9.29. The van der Waals surface area contributed by atoms with Crippen molar-refractivity contribution >= 4 is 12.1 Å². The van der Waals surface area contributed by atoms with Gasteiger partial charge < -0.3 is 9.47 Å². The summed E-state index contributed by atoms with van der Waals surface area (Å²) >= 11 is 0. The van der Waals surface area contributed by atoms with Crippen LogP contribution in [0.25, 0.3) is 0 Å². The van der Waals surface area contributed by atoms with Crippen LogP contribution in [0.1, 0.15) is 10.5 Å². The topological polar surface area (TPSA) is 105 Å². The Bertz CT molecular complexity index is 314. The van der Waals surface area contributed by atoms with Crippen molar-refractivity contribution < 1.29 is 19.1 Å². The molecule has 0 bridgehead atoms. The van der Waals surface area contributed by atoms with E-state index < -0.39 is 12.1 Å². The third kappa shape index (κ3) is 1.97. The highest BCUT2D eigenvalue weighted by Gasteiger charge is 2.07. The number of rotatable bonds is 1. The molecule has 0 aliphatic rings. The minimum Gasteiger partial charge on any atom is -0.464 e. The van der Waals surface area contributed by atoms with Crippen LogP contribution in [0.3, 0.4) is 0 Å². The van der Waals surface area contributed by atoms with E-state index in [0.29, 0.717) is 0 Å². The molecule has 0 aromatic carbocycles. The number of nitrogens with zero attached hydrogens (tertiary/aromatic N) is 1. The zero-order valence-corrected chi connectivity index (χ0v) is 7.66. The smallest absolute Gasteiger partial charge is 0.449 e. The molecule has 14 heavy (non-hydrogen) atoms. The number of H-pyrrole nitrogens is 3.